The van der Waals surface area contributed by atoms with E-state index in [1.807, 2.05) is 0 Å². The maximum absolute atomic E-state index is 10.6. The highest BCUT2D eigenvalue weighted by Gasteiger charge is 2.34. The molecule has 0 spiro atoms. The highest BCUT2D eigenvalue weighted by Crippen LogP contribution is 2.18. The second-order valence-electron chi connectivity index (χ2n) is 2.52. The van der Waals surface area contributed by atoms with E-state index in [1.54, 1.807) is 0 Å². The van der Waals surface area contributed by atoms with E-state index in [1.165, 1.54) is 13.8 Å². The van der Waals surface area contributed by atoms with Gasteiger partial charge in [-0.05, 0) is 0 Å². The van der Waals surface area contributed by atoms with E-state index in [0.29, 0.717) is 0 Å². The molecule has 0 bridgehead atoms. The molecule has 1 fully saturated rings. The van der Waals surface area contributed by atoms with Gasteiger partial charge in [-0.3, -0.25) is 9.59 Å². The minimum absolute atomic E-state index is 0. The van der Waals surface area contributed by atoms with Crippen molar-refractivity contribution in [1.29, 1.82) is 0 Å². The van der Waals surface area contributed by atoms with Crippen LogP contribution in [0.5, 0.6) is 0 Å². The molecule has 0 N–H and O–H groups in total. The van der Waals surface area contributed by atoms with Gasteiger partial charge in [0.05, 0.1) is 0 Å². The van der Waals surface area contributed by atoms with Gasteiger partial charge >= 0.3 is 11.9 Å². The van der Waals surface area contributed by atoms with Gasteiger partial charge in [0.25, 0.3) is 5.79 Å². The van der Waals surface area contributed by atoms with Crippen molar-refractivity contribution >= 4 is 11.9 Å². The molecule has 0 atom stereocenters. The van der Waals surface area contributed by atoms with Crippen LogP contribution in [0, 0.1) is 0 Å². The van der Waals surface area contributed by atoms with Crippen molar-refractivity contribution in [3.05, 3.63) is 0 Å². The van der Waals surface area contributed by atoms with Gasteiger partial charge in [0.15, 0.2) is 0 Å². The molecule has 0 saturated carbocycles. The number of carbonyl (C=O) groups is 2. The normalized spacial score (nSPS) is 21.3. The van der Waals surface area contributed by atoms with Crippen molar-refractivity contribution in [3.8, 4) is 0 Å². The first-order valence-corrected chi connectivity index (χ1v) is 2.93. The molecule has 1 saturated heterocycles. The Bertz CT molecular complexity index is 169. The summed E-state index contributed by atoms with van der Waals surface area (Å²) in [5.74, 6) is -2.13. The van der Waals surface area contributed by atoms with Crippen LogP contribution < -0.4 is 24.0 Å². The van der Waals surface area contributed by atoms with Crippen LogP contribution in [0.25, 0.3) is 0 Å². The molecule has 1 rings (SSSR count). The lowest BCUT2D eigenvalue weighted by Crippen LogP contribution is -3.00. The number of halogens is 1. The number of ether oxygens (including phenoxy) is 2. The highest BCUT2D eigenvalue weighted by molar-refractivity contribution is 5.92. The largest absolute Gasteiger partial charge is 0.423 e. The van der Waals surface area contributed by atoms with Gasteiger partial charge in [-0.15, -0.1) is 0 Å². The van der Waals surface area contributed by atoms with Gasteiger partial charge in [-0.2, -0.15) is 0 Å². The second kappa shape index (κ2) is 3.38. The van der Waals surface area contributed by atoms with Crippen molar-refractivity contribution in [2.45, 2.75) is 26.1 Å². The molecule has 11 heavy (non-hydrogen) atoms. The Kier molecular flexibility index (Phi) is 3.28. The third-order valence-electron chi connectivity index (χ3n) is 1.01. The fraction of sp³-hybridized carbons (Fsp3) is 0.667. The Morgan fingerprint density at radius 1 is 1.18 bits per heavy atom. The number of esters is 2. The van der Waals surface area contributed by atoms with E-state index < -0.39 is 17.7 Å². The Morgan fingerprint density at radius 3 is 1.82 bits per heavy atom. The Hall–Kier alpha value is -0.330. The maximum Gasteiger partial charge on any atom is 0.320 e. The first-order valence-electron chi connectivity index (χ1n) is 2.93. The SMILES string of the molecule is CC1(C)OC(=O)CC(=O)O1.[IH2+]. The topological polar surface area (TPSA) is 52.6 Å². The lowest BCUT2D eigenvalue weighted by molar-refractivity contribution is -0.231. The maximum atomic E-state index is 10.6. The average molecular weight is 273 g/mol. The third kappa shape index (κ3) is 3.04. The van der Waals surface area contributed by atoms with E-state index in [0.717, 1.165) is 0 Å². The lowest BCUT2D eigenvalue weighted by atomic mass is 10.3. The molecule has 1 aliphatic rings. The van der Waals surface area contributed by atoms with E-state index in [9.17, 15) is 9.59 Å². The zero-order chi connectivity index (χ0) is 7.78. The zero-order valence-corrected chi connectivity index (χ0v) is 8.84. The van der Waals surface area contributed by atoms with Crippen molar-refractivity contribution in [2.75, 3.05) is 0 Å². The molecule has 1 aliphatic heterocycles. The molecule has 0 aromatic rings. The summed E-state index contributed by atoms with van der Waals surface area (Å²) in [7, 11) is 0. The van der Waals surface area contributed by atoms with Crippen LogP contribution in [-0.4, -0.2) is 17.7 Å². The summed E-state index contributed by atoms with van der Waals surface area (Å²) in [6.45, 7) is 3.03. The zero-order valence-electron chi connectivity index (χ0n) is 6.29. The minimum Gasteiger partial charge on any atom is -0.423 e. The molecule has 0 aliphatic carbocycles. The molecule has 0 aromatic heterocycles. The van der Waals surface area contributed by atoms with Crippen LogP contribution in [0.2, 0.25) is 0 Å². The van der Waals surface area contributed by atoms with Crippen molar-refractivity contribution in [1.82, 2.24) is 0 Å². The average Bonchev–Trinajstić information content (AvgIpc) is 1.54. The summed E-state index contributed by atoms with van der Waals surface area (Å²) in [6.07, 6.45) is -0.274. The summed E-state index contributed by atoms with van der Waals surface area (Å²) in [5.41, 5.74) is 0. The van der Waals surface area contributed by atoms with E-state index in [4.69, 9.17) is 0 Å². The number of hydrogen-bond donors (Lipinski definition) is 0. The fourth-order valence-electron chi connectivity index (χ4n) is 0.759. The lowest BCUT2D eigenvalue weighted by Gasteiger charge is -2.28. The van der Waals surface area contributed by atoms with Gasteiger partial charge in [0, 0.05) is 13.8 Å². The monoisotopic (exact) mass is 273 g/mol. The first kappa shape index (κ1) is 10.7. The Morgan fingerprint density at radius 2 is 1.55 bits per heavy atom. The Labute approximate surface area is 81.3 Å². The summed E-state index contributed by atoms with van der Waals surface area (Å²) in [6, 6.07) is 0. The van der Waals surface area contributed by atoms with Gasteiger partial charge < -0.3 is 9.47 Å². The third-order valence-corrected chi connectivity index (χ3v) is 1.01. The predicted octanol–water partition coefficient (Wildman–Crippen LogP) is -3.32. The predicted molar refractivity (Wildman–Crippen MR) is 33.7 cm³/mol. The first-order chi connectivity index (χ1) is 4.49. The summed E-state index contributed by atoms with van der Waals surface area (Å²) in [4.78, 5) is 21.1. The van der Waals surface area contributed by atoms with Gasteiger partial charge in [-0.1, -0.05) is 0 Å². The van der Waals surface area contributed by atoms with Crippen LogP contribution in [0.4, 0.5) is 0 Å². The van der Waals surface area contributed by atoms with E-state index in [-0.39, 0.29) is 30.4 Å². The van der Waals surface area contributed by atoms with Gasteiger partial charge in [0.1, 0.15) is 6.42 Å². The Balaban J connectivity index is 0.000001000. The van der Waals surface area contributed by atoms with Crippen LogP contribution in [-0.2, 0) is 19.1 Å². The molecule has 0 amide bonds. The van der Waals surface area contributed by atoms with Crippen LogP contribution in [0.15, 0.2) is 0 Å². The number of rotatable bonds is 0. The standard InChI is InChI=1S/C6H8O4.H2I/c1-6(2)9-4(7)3-5(8)10-6;/h3H2,1-2H3;1H2/q;+1. The van der Waals surface area contributed by atoms with Crippen molar-refractivity contribution < 1.29 is 43.0 Å². The second-order valence-corrected chi connectivity index (χ2v) is 2.52. The molecule has 0 radical (unpaired) electrons. The summed E-state index contributed by atoms with van der Waals surface area (Å²) >= 11 is 0. The molecule has 1 heterocycles. The molecule has 64 valence electrons. The van der Waals surface area contributed by atoms with E-state index >= 15 is 0 Å². The van der Waals surface area contributed by atoms with Crippen LogP contribution in [0.3, 0.4) is 0 Å². The summed E-state index contributed by atoms with van der Waals surface area (Å²) in [5, 5.41) is 0. The quantitative estimate of drug-likeness (QED) is 0.263. The smallest absolute Gasteiger partial charge is 0.320 e. The van der Waals surface area contributed by atoms with Crippen molar-refractivity contribution in [2.24, 2.45) is 0 Å². The molecule has 4 nitrogen and oxygen atoms in total. The van der Waals surface area contributed by atoms with E-state index in [2.05, 4.69) is 9.47 Å². The molecular formula is C6H10IO4+. The van der Waals surface area contributed by atoms with Crippen molar-refractivity contribution in [3.63, 3.8) is 0 Å². The van der Waals surface area contributed by atoms with Gasteiger partial charge in [-0.25, -0.2) is 0 Å². The van der Waals surface area contributed by atoms with Crippen LogP contribution >= 0.6 is 0 Å². The number of cyclic esters (lactones) is 2. The number of carbonyl (C=O) groups excluding carboxylic acids is 2. The molecule has 5 heteroatoms. The molecule has 0 aromatic carbocycles. The minimum atomic E-state index is -1.08. The highest BCUT2D eigenvalue weighted by atomic mass is 127. The molecule has 0 unspecified atom stereocenters. The fourth-order valence-corrected chi connectivity index (χ4v) is 0.759. The number of hydrogen-bond acceptors (Lipinski definition) is 4. The van der Waals surface area contributed by atoms with Crippen LogP contribution in [0.1, 0.15) is 20.3 Å². The molecular weight excluding hydrogens is 263 g/mol. The van der Waals surface area contributed by atoms with Gasteiger partial charge in [0.2, 0.25) is 24.0 Å². The summed E-state index contributed by atoms with van der Waals surface area (Å²) < 4.78 is 9.32.